The molecule has 0 unspecified atom stereocenters. The molecule has 7 heteroatoms. The molecule has 0 atom stereocenters. The average molecular weight is 397 g/mol. The molecule has 1 aliphatic rings. The van der Waals surface area contributed by atoms with Crippen molar-refractivity contribution >= 4 is 11.6 Å². The lowest BCUT2D eigenvalue weighted by Crippen LogP contribution is -2.45. The van der Waals surface area contributed by atoms with E-state index in [2.05, 4.69) is 5.32 Å². The molecule has 1 fully saturated rings. The van der Waals surface area contributed by atoms with Gasteiger partial charge in [0.1, 0.15) is 5.75 Å². The Kier molecular flexibility index (Phi) is 6.82. The maximum Gasteiger partial charge on any atom is 0.272 e. The van der Waals surface area contributed by atoms with E-state index in [1.165, 1.54) is 0 Å². The minimum atomic E-state index is -0.343. The topological polar surface area (TPSA) is 84.7 Å². The number of nitrogens with zero attached hydrogens (tertiary/aromatic N) is 2. The van der Waals surface area contributed by atoms with Crippen LogP contribution in [0, 0.1) is 17.0 Å². The number of carbonyl (C=O) groups excluding carboxylic acids is 1. The van der Waals surface area contributed by atoms with Crippen LogP contribution in [-0.4, -0.2) is 42.0 Å². The van der Waals surface area contributed by atoms with Gasteiger partial charge in [0.2, 0.25) is 5.91 Å². The Labute approximate surface area is 170 Å². The Morgan fingerprint density at radius 3 is 2.66 bits per heavy atom. The lowest BCUT2D eigenvalue weighted by Gasteiger charge is -2.32. The van der Waals surface area contributed by atoms with Crippen LogP contribution in [0.1, 0.15) is 29.5 Å². The van der Waals surface area contributed by atoms with Crippen molar-refractivity contribution in [2.75, 3.05) is 20.2 Å². The van der Waals surface area contributed by atoms with Gasteiger partial charge < -0.3 is 15.0 Å². The zero-order chi connectivity index (χ0) is 20.8. The maximum absolute atomic E-state index is 12.6. The van der Waals surface area contributed by atoms with E-state index < -0.39 is 0 Å². The Bertz CT molecular complexity index is 876. The number of benzene rings is 2. The first-order valence-electron chi connectivity index (χ1n) is 9.85. The van der Waals surface area contributed by atoms with Crippen molar-refractivity contribution in [1.82, 2.24) is 10.2 Å². The molecule has 0 radical (unpaired) electrons. The third-order valence-corrected chi connectivity index (χ3v) is 5.45. The summed E-state index contributed by atoms with van der Waals surface area (Å²) in [5, 5.41) is 14.6. The molecule has 7 nitrogen and oxygen atoms in total. The van der Waals surface area contributed by atoms with Crippen molar-refractivity contribution in [3.8, 4) is 5.75 Å². The van der Waals surface area contributed by atoms with Crippen molar-refractivity contribution < 1.29 is 14.5 Å². The number of piperidine rings is 1. The van der Waals surface area contributed by atoms with E-state index in [-0.39, 0.29) is 16.5 Å². The van der Waals surface area contributed by atoms with E-state index in [1.54, 1.807) is 26.2 Å². The van der Waals surface area contributed by atoms with Crippen LogP contribution in [0.5, 0.6) is 5.75 Å². The van der Waals surface area contributed by atoms with Gasteiger partial charge >= 0.3 is 0 Å². The van der Waals surface area contributed by atoms with E-state index >= 15 is 0 Å². The number of methoxy groups -OCH3 is 1. The Morgan fingerprint density at radius 2 is 1.97 bits per heavy atom. The monoisotopic (exact) mass is 397 g/mol. The van der Waals surface area contributed by atoms with Crippen molar-refractivity contribution in [3.05, 3.63) is 69.3 Å². The summed E-state index contributed by atoms with van der Waals surface area (Å²) < 4.78 is 5.33. The lowest BCUT2D eigenvalue weighted by molar-refractivity contribution is -0.385. The minimum Gasteiger partial charge on any atom is -0.496 e. The summed E-state index contributed by atoms with van der Waals surface area (Å²) in [7, 11) is 1.61. The number of nitro benzene ring substituents is 1. The molecule has 2 aromatic carbocycles. The van der Waals surface area contributed by atoms with Crippen molar-refractivity contribution in [1.29, 1.82) is 0 Å². The summed E-state index contributed by atoms with van der Waals surface area (Å²) in [6, 6.07) is 13.2. The number of nitro groups is 1. The predicted molar refractivity (Wildman–Crippen MR) is 111 cm³/mol. The SMILES string of the molecule is COc1ccccc1CC(=O)N1CCC(NCc2ccc(C)c([N+](=O)[O-])c2)CC1. The number of nitrogens with one attached hydrogen (secondary N) is 1. The molecule has 0 aliphatic carbocycles. The van der Waals surface area contributed by atoms with Gasteiger partial charge in [-0.1, -0.05) is 30.3 Å². The minimum absolute atomic E-state index is 0.113. The van der Waals surface area contributed by atoms with Gasteiger partial charge in [0.25, 0.3) is 5.69 Å². The van der Waals surface area contributed by atoms with E-state index in [4.69, 9.17) is 4.74 Å². The summed E-state index contributed by atoms with van der Waals surface area (Å²) in [6.45, 7) is 3.74. The molecular weight excluding hydrogens is 370 g/mol. The van der Waals surface area contributed by atoms with Crippen LogP contribution >= 0.6 is 0 Å². The first-order valence-corrected chi connectivity index (χ1v) is 9.85. The fourth-order valence-electron chi connectivity index (χ4n) is 3.68. The second kappa shape index (κ2) is 9.52. The highest BCUT2D eigenvalue weighted by Gasteiger charge is 2.23. The molecule has 0 aromatic heterocycles. The third-order valence-electron chi connectivity index (χ3n) is 5.45. The van der Waals surface area contributed by atoms with Gasteiger partial charge in [0.15, 0.2) is 0 Å². The van der Waals surface area contributed by atoms with Crippen LogP contribution in [0.25, 0.3) is 0 Å². The fraction of sp³-hybridized carbons (Fsp3) is 0.409. The molecule has 3 rings (SSSR count). The number of hydrogen-bond acceptors (Lipinski definition) is 5. The number of carbonyl (C=O) groups is 1. The summed E-state index contributed by atoms with van der Waals surface area (Å²) in [5.41, 5.74) is 2.62. The fourth-order valence-corrected chi connectivity index (χ4v) is 3.68. The zero-order valence-corrected chi connectivity index (χ0v) is 16.9. The van der Waals surface area contributed by atoms with Gasteiger partial charge in [-0.25, -0.2) is 0 Å². The van der Waals surface area contributed by atoms with Gasteiger partial charge in [-0.2, -0.15) is 0 Å². The number of hydrogen-bond donors (Lipinski definition) is 1. The number of likely N-dealkylation sites (tertiary alicyclic amines) is 1. The summed E-state index contributed by atoms with van der Waals surface area (Å²) in [6.07, 6.45) is 2.08. The lowest BCUT2D eigenvalue weighted by atomic mass is 10.0. The third kappa shape index (κ3) is 5.32. The maximum atomic E-state index is 12.6. The number of aryl methyl sites for hydroxylation is 1. The number of ether oxygens (including phenoxy) is 1. The molecule has 1 aliphatic heterocycles. The highest BCUT2D eigenvalue weighted by Crippen LogP contribution is 2.21. The Morgan fingerprint density at radius 1 is 1.24 bits per heavy atom. The molecule has 1 amide bonds. The second-order valence-corrected chi connectivity index (χ2v) is 7.40. The Hall–Kier alpha value is -2.93. The quantitative estimate of drug-likeness (QED) is 0.573. The first kappa shape index (κ1) is 20.8. The summed E-state index contributed by atoms with van der Waals surface area (Å²) >= 11 is 0. The summed E-state index contributed by atoms with van der Waals surface area (Å²) in [4.78, 5) is 25.3. The van der Waals surface area contributed by atoms with Crippen molar-refractivity contribution in [3.63, 3.8) is 0 Å². The van der Waals surface area contributed by atoms with Crippen LogP contribution in [0.3, 0.4) is 0 Å². The second-order valence-electron chi connectivity index (χ2n) is 7.40. The smallest absolute Gasteiger partial charge is 0.272 e. The van der Waals surface area contributed by atoms with Gasteiger partial charge in [0, 0.05) is 42.9 Å². The van der Waals surface area contributed by atoms with E-state index in [9.17, 15) is 14.9 Å². The van der Waals surface area contributed by atoms with Crippen LogP contribution in [0.15, 0.2) is 42.5 Å². The highest BCUT2D eigenvalue weighted by atomic mass is 16.6. The van der Waals surface area contributed by atoms with Gasteiger partial charge in [0.05, 0.1) is 18.5 Å². The molecule has 0 bridgehead atoms. The van der Waals surface area contributed by atoms with Crippen molar-refractivity contribution in [2.24, 2.45) is 0 Å². The van der Waals surface area contributed by atoms with Gasteiger partial charge in [-0.05, 0) is 31.4 Å². The van der Waals surface area contributed by atoms with Crippen molar-refractivity contribution in [2.45, 2.75) is 38.8 Å². The average Bonchev–Trinajstić information content (AvgIpc) is 2.73. The molecule has 2 aromatic rings. The molecular formula is C22H27N3O4. The molecule has 29 heavy (non-hydrogen) atoms. The largest absolute Gasteiger partial charge is 0.496 e. The summed E-state index contributed by atoms with van der Waals surface area (Å²) in [5.74, 6) is 0.853. The van der Waals surface area contributed by atoms with Crippen LogP contribution in [-0.2, 0) is 17.8 Å². The molecule has 1 heterocycles. The Balaban J connectivity index is 1.48. The molecule has 0 spiro atoms. The highest BCUT2D eigenvalue weighted by molar-refractivity contribution is 5.79. The van der Waals surface area contributed by atoms with Crippen LogP contribution in [0.4, 0.5) is 5.69 Å². The van der Waals surface area contributed by atoms with E-state index in [0.29, 0.717) is 37.7 Å². The van der Waals surface area contributed by atoms with Gasteiger partial charge in [-0.15, -0.1) is 0 Å². The molecule has 154 valence electrons. The number of para-hydroxylation sites is 1. The predicted octanol–water partition coefficient (Wildman–Crippen LogP) is 3.24. The van der Waals surface area contributed by atoms with Crippen LogP contribution < -0.4 is 10.1 Å². The zero-order valence-electron chi connectivity index (χ0n) is 16.9. The van der Waals surface area contributed by atoms with Gasteiger partial charge in [-0.3, -0.25) is 14.9 Å². The molecule has 1 saturated heterocycles. The van der Waals surface area contributed by atoms with E-state index in [1.807, 2.05) is 35.2 Å². The first-order chi connectivity index (χ1) is 14.0. The van der Waals surface area contributed by atoms with E-state index in [0.717, 1.165) is 29.7 Å². The number of amides is 1. The van der Waals surface area contributed by atoms with Crippen LogP contribution in [0.2, 0.25) is 0 Å². The molecule has 1 N–H and O–H groups in total. The standard InChI is InChI=1S/C22H27N3O4/c1-16-7-8-17(13-20(16)25(27)28)15-23-19-9-11-24(12-10-19)22(26)14-18-5-3-4-6-21(18)29-2/h3-8,13,19,23H,9-12,14-15H2,1-2H3. The number of rotatable bonds is 7. The molecule has 0 saturated carbocycles. The normalized spacial score (nSPS) is 14.6.